The van der Waals surface area contributed by atoms with Crippen molar-refractivity contribution in [2.75, 3.05) is 30.6 Å². The van der Waals surface area contributed by atoms with Gasteiger partial charge in [-0.1, -0.05) is 0 Å². The maximum absolute atomic E-state index is 12.9. The molecule has 0 saturated heterocycles. The average molecular weight is 538 g/mol. The lowest BCUT2D eigenvalue weighted by Crippen LogP contribution is -2.59. The van der Waals surface area contributed by atoms with Crippen LogP contribution in [0.5, 0.6) is 0 Å². The summed E-state index contributed by atoms with van der Waals surface area (Å²) in [6.07, 6.45) is 3.46. The van der Waals surface area contributed by atoms with Gasteiger partial charge in [-0.2, -0.15) is 23.5 Å². The number of aliphatic carboxylic acids is 1. The molecule has 3 amide bonds. The number of aliphatic hydroxyl groups excluding tert-OH is 1. The topological polar surface area (TPSA) is 235 Å². The molecule has 13 nitrogen and oxygen atoms in total. The second-order valence-electron chi connectivity index (χ2n) is 7.81. The van der Waals surface area contributed by atoms with Gasteiger partial charge in [0.2, 0.25) is 17.7 Å². The van der Waals surface area contributed by atoms with Gasteiger partial charge in [0.15, 0.2) is 5.96 Å². The summed E-state index contributed by atoms with van der Waals surface area (Å²) in [5, 5.41) is 26.8. The SMILES string of the molecule is CSCCC(NC(=O)C(CCSC)NC(=O)C(NC(=O)C(N)CCCN=C(N)N)C(C)O)C(=O)O. The number of nitrogens with one attached hydrogen (secondary N) is 3. The van der Waals surface area contributed by atoms with Crippen molar-refractivity contribution in [1.29, 1.82) is 0 Å². The Hall–Kier alpha value is -2.23. The van der Waals surface area contributed by atoms with Crippen LogP contribution < -0.4 is 33.2 Å². The van der Waals surface area contributed by atoms with E-state index in [-0.39, 0.29) is 31.8 Å². The van der Waals surface area contributed by atoms with E-state index < -0.39 is 54.0 Å². The molecular weight excluding hydrogens is 498 g/mol. The molecule has 0 aromatic rings. The van der Waals surface area contributed by atoms with Crippen molar-refractivity contribution >= 4 is 53.2 Å². The Morgan fingerprint density at radius 2 is 1.43 bits per heavy atom. The number of aliphatic hydroxyl groups is 1. The van der Waals surface area contributed by atoms with Gasteiger partial charge < -0.3 is 43.4 Å². The zero-order valence-corrected chi connectivity index (χ0v) is 22.0. The molecule has 11 N–H and O–H groups in total. The van der Waals surface area contributed by atoms with Gasteiger partial charge in [0, 0.05) is 6.54 Å². The van der Waals surface area contributed by atoms with Gasteiger partial charge in [0.05, 0.1) is 12.1 Å². The van der Waals surface area contributed by atoms with Crippen molar-refractivity contribution < 1.29 is 29.4 Å². The second kappa shape index (κ2) is 18.1. The summed E-state index contributed by atoms with van der Waals surface area (Å²) >= 11 is 2.89. The highest BCUT2D eigenvalue weighted by Crippen LogP contribution is 2.06. The maximum Gasteiger partial charge on any atom is 0.326 e. The standard InChI is InChI=1S/C20H39N7O6S2/c1-11(28)15(27-16(29)12(21)5-4-8-24-20(22)23)18(31)25-13(6-9-34-2)17(30)26-14(19(32)33)7-10-35-3/h11-15,28H,4-10,21H2,1-3H3,(H,25,31)(H,26,30)(H,27,29)(H,32,33)(H4,22,23,24). The zero-order valence-electron chi connectivity index (χ0n) is 20.4. The van der Waals surface area contributed by atoms with Crippen LogP contribution in [0.3, 0.4) is 0 Å². The van der Waals surface area contributed by atoms with E-state index in [1.165, 1.54) is 30.4 Å². The number of carboxylic acids is 1. The first kappa shape index (κ1) is 32.8. The lowest BCUT2D eigenvalue weighted by molar-refractivity contribution is -0.142. The van der Waals surface area contributed by atoms with Crippen LogP contribution in [0.15, 0.2) is 4.99 Å². The monoisotopic (exact) mass is 537 g/mol. The molecule has 0 aromatic carbocycles. The molecule has 0 bridgehead atoms. The highest BCUT2D eigenvalue weighted by atomic mass is 32.2. The number of amides is 3. The van der Waals surface area contributed by atoms with Crippen LogP contribution in [0.4, 0.5) is 0 Å². The van der Waals surface area contributed by atoms with Crippen molar-refractivity contribution in [1.82, 2.24) is 16.0 Å². The molecular formula is C20H39N7O6S2. The van der Waals surface area contributed by atoms with Crippen LogP contribution in [-0.4, -0.2) is 101 Å². The van der Waals surface area contributed by atoms with Gasteiger partial charge in [-0.15, -0.1) is 0 Å². The Morgan fingerprint density at radius 1 is 0.886 bits per heavy atom. The zero-order chi connectivity index (χ0) is 27.0. The molecule has 0 spiro atoms. The van der Waals surface area contributed by atoms with Gasteiger partial charge >= 0.3 is 5.97 Å². The summed E-state index contributed by atoms with van der Waals surface area (Å²) in [6.45, 7) is 1.60. The minimum atomic E-state index is -1.37. The van der Waals surface area contributed by atoms with Gasteiger partial charge in [-0.3, -0.25) is 19.4 Å². The number of carbonyl (C=O) groups excluding carboxylic acids is 3. The molecule has 35 heavy (non-hydrogen) atoms. The average Bonchev–Trinajstić information content (AvgIpc) is 2.79. The Labute approximate surface area is 214 Å². The van der Waals surface area contributed by atoms with Gasteiger partial charge in [-0.25, -0.2) is 4.79 Å². The predicted octanol–water partition coefficient (Wildman–Crippen LogP) is -2.21. The maximum atomic E-state index is 12.9. The Morgan fingerprint density at radius 3 is 1.91 bits per heavy atom. The minimum absolute atomic E-state index is 0.0761. The molecule has 0 heterocycles. The number of nitrogens with two attached hydrogens (primary N) is 3. The van der Waals surface area contributed by atoms with E-state index in [4.69, 9.17) is 17.2 Å². The highest BCUT2D eigenvalue weighted by molar-refractivity contribution is 7.98. The Balaban J connectivity index is 5.24. The summed E-state index contributed by atoms with van der Waals surface area (Å²) in [4.78, 5) is 53.4. The van der Waals surface area contributed by atoms with Gasteiger partial charge in [-0.05, 0) is 56.6 Å². The lowest BCUT2D eigenvalue weighted by Gasteiger charge is -2.26. The number of carbonyl (C=O) groups is 4. The van der Waals surface area contributed by atoms with Gasteiger partial charge in [0.25, 0.3) is 0 Å². The summed E-state index contributed by atoms with van der Waals surface area (Å²) in [5.74, 6) is -2.33. The number of thioether (sulfide) groups is 2. The van der Waals surface area contributed by atoms with Crippen LogP contribution in [0.2, 0.25) is 0 Å². The fourth-order valence-electron chi connectivity index (χ4n) is 2.85. The predicted molar refractivity (Wildman–Crippen MR) is 139 cm³/mol. The third kappa shape index (κ3) is 14.0. The molecule has 0 saturated carbocycles. The first-order valence-corrected chi connectivity index (χ1v) is 13.8. The van der Waals surface area contributed by atoms with Crippen molar-refractivity contribution in [3.05, 3.63) is 0 Å². The molecule has 202 valence electrons. The number of hydrogen-bond donors (Lipinski definition) is 8. The molecule has 0 fully saturated rings. The molecule has 0 aliphatic heterocycles. The van der Waals surface area contributed by atoms with Crippen LogP contribution in [0.1, 0.15) is 32.6 Å². The number of hydrogen-bond acceptors (Lipinski definition) is 9. The molecule has 0 aliphatic carbocycles. The van der Waals surface area contributed by atoms with Crippen molar-refractivity contribution in [3.8, 4) is 0 Å². The number of nitrogens with zero attached hydrogens (tertiary/aromatic N) is 1. The summed E-state index contributed by atoms with van der Waals surface area (Å²) in [7, 11) is 0. The van der Waals surface area contributed by atoms with E-state index in [1.54, 1.807) is 0 Å². The Kier molecular flexibility index (Phi) is 16.9. The third-order valence-corrected chi connectivity index (χ3v) is 6.12. The van der Waals surface area contributed by atoms with Crippen LogP contribution in [0.25, 0.3) is 0 Å². The first-order chi connectivity index (χ1) is 16.4. The number of guanidine groups is 1. The largest absolute Gasteiger partial charge is 0.480 e. The molecule has 0 rings (SSSR count). The van der Waals surface area contributed by atoms with E-state index in [9.17, 15) is 29.4 Å². The van der Waals surface area contributed by atoms with Crippen molar-refractivity contribution in [2.24, 2.45) is 22.2 Å². The molecule has 15 heteroatoms. The number of carboxylic acid groups (broad SMARTS) is 1. The first-order valence-electron chi connectivity index (χ1n) is 11.0. The molecule has 5 unspecified atom stereocenters. The fourth-order valence-corrected chi connectivity index (χ4v) is 3.79. The molecule has 0 radical (unpaired) electrons. The molecule has 0 aromatic heterocycles. The summed E-state index contributed by atoms with van der Waals surface area (Å²) in [5.41, 5.74) is 16.3. The van der Waals surface area contributed by atoms with Crippen molar-refractivity contribution in [2.45, 2.75) is 62.9 Å². The van der Waals surface area contributed by atoms with Crippen molar-refractivity contribution in [3.63, 3.8) is 0 Å². The van der Waals surface area contributed by atoms with E-state index in [2.05, 4.69) is 20.9 Å². The number of aliphatic imine (C=N–C) groups is 1. The van der Waals surface area contributed by atoms with E-state index in [0.717, 1.165) is 0 Å². The smallest absolute Gasteiger partial charge is 0.326 e. The molecule has 0 aliphatic rings. The van der Waals surface area contributed by atoms with E-state index in [0.29, 0.717) is 17.9 Å². The highest BCUT2D eigenvalue weighted by Gasteiger charge is 2.32. The van der Waals surface area contributed by atoms with E-state index in [1.807, 2.05) is 12.5 Å². The summed E-state index contributed by atoms with van der Waals surface area (Å²) in [6, 6.07) is -4.51. The van der Waals surface area contributed by atoms with Crippen LogP contribution in [0, 0.1) is 0 Å². The van der Waals surface area contributed by atoms with Crippen LogP contribution >= 0.6 is 23.5 Å². The van der Waals surface area contributed by atoms with Crippen LogP contribution in [-0.2, 0) is 19.2 Å². The number of rotatable bonds is 18. The van der Waals surface area contributed by atoms with Gasteiger partial charge in [0.1, 0.15) is 18.1 Å². The fraction of sp³-hybridized carbons (Fsp3) is 0.750. The van der Waals surface area contributed by atoms with E-state index >= 15 is 0 Å². The Bertz CT molecular complexity index is 722. The summed E-state index contributed by atoms with van der Waals surface area (Å²) < 4.78 is 0. The lowest BCUT2D eigenvalue weighted by atomic mass is 10.1. The molecule has 5 atom stereocenters. The quantitative estimate of drug-likeness (QED) is 0.0530. The third-order valence-electron chi connectivity index (χ3n) is 4.84. The normalized spacial score (nSPS) is 15.1. The minimum Gasteiger partial charge on any atom is -0.480 e. The second-order valence-corrected chi connectivity index (χ2v) is 9.78.